The van der Waals surface area contributed by atoms with Crippen LogP contribution in [0.2, 0.25) is 0 Å². The normalized spacial score (nSPS) is 31.7. The summed E-state index contributed by atoms with van der Waals surface area (Å²) in [5.41, 5.74) is 0. The molecule has 0 bridgehead atoms. The third kappa shape index (κ3) is 2.96. The molecule has 0 aliphatic carbocycles. The highest BCUT2D eigenvalue weighted by molar-refractivity contribution is 4.84. The van der Waals surface area contributed by atoms with Gasteiger partial charge in [0.05, 0.1) is 6.10 Å². The first-order valence-electron chi connectivity index (χ1n) is 5.97. The number of rotatable bonds is 5. The van der Waals surface area contributed by atoms with E-state index in [0.717, 1.165) is 12.5 Å². The molecule has 4 unspecified atom stereocenters. The molecule has 2 heteroatoms. The minimum atomic E-state index is 0.441. The molecule has 0 amide bonds. The fraction of sp³-hybridized carbons (Fsp3) is 1.00. The van der Waals surface area contributed by atoms with Crippen LogP contribution in [0.3, 0.4) is 0 Å². The number of hydrogen-bond acceptors (Lipinski definition) is 2. The van der Waals surface area contributed by atoms with Crippen molar-refractivity contribution in [1.82, 2.24) is 5.32 Å². The predicted molar refractivity (Wildman–Crippen MR) is 60.4 cm³/mol. The van der Waals surface area contributed by atoms with Gasteiger partial charge < -0.3 is 10.1 Å². The predicted octanol–water partition coefficient (Wildman–Crippen LogP) is 2.44. The average Bonchev–Trinajstić information content (AvgIpc) is 2.60. The quantitative estimate of drug-likeness (QED) is 0.734. The average molecular weight is 199 g/mol. The minimum absolute atomic E-state index is 0.441. The van der Waals surface area contributed by atoms with Crippen molar-refractivity contribution < 1.29 is 4.74 Å². The van der Waals surface area contributed by atoms with E-state index in [9.17, 15) is 0 Å². The molecule has 14 heavy (non-hydrogen) atoms. The van der Waals surface area contributed by atoms with Crippen LogP contribution in [-0.4, -0.2) is 25.8 Å². The molecule has 0 radical (unpaired) electrons. The summed E-state index contributed by atoms with van der Waals surface area (Å²) < 4.78 is 5.62. The van der Waals surface area contributed by atoms with Crippen molar-refractivity contribution in [2.75, 3.05) is 13.7 Å². The van der Waals surface area contributed by atoms with E-state index in [2.05, 4.69) is 33.1 Å². The van der Waals surface area contributed by atoms with E-state index < -0.39 is 0 Å². The Kier molecular flexibility index (Phi) is 4.90. The van der Waals surface area contributed by atoms with Crippen molar-refractivity contribution in [2.45, 2.75) is 52.2 Å². The molecule has 0 aromatic carbocycles. The second-order valence-electron chi connectivity index (χ2n) is 4.67. The zero-order valence-corrected chi connectivity index (χ0v) is 10.0. The standard InChI is InChI=1S/C12H25NO/c1-5-9(2)8-12(13-4)11-6-7-14-10(11)3/h9-13H,5-8H2,1-4H3. The SMILES string of the molecule is CCC(C)CC(NC)C1CCOC1C. The minimum Gasteiger partial charge on any atom is -0.378 e. The molecule has 1 heterocycles. The van der Waals surface area contributed by atoms with Crippen molar-refractivity contribution in [1.29, 1.82) is 0 Å². The summed E-state index contributed by atoms with van der Waals surface area (Å²) in [5.74, 6) is 1.54. The lowest BCUT2D eigenvalue weighted by atomic mass is 9.86. The second kappa shape index (κ2) is 5.72. The van der Waals surface area contributed by atoms with Crippen LogP contribution in [0, 0.1) is 11.8 Å². The molecule has 2 nitrogen and oxygen atoms in total. The van der Waals surface area contributed by atoms with Gasteiger partial charge in [-0.25, -0.2) is 0 Å². The Labute approximate surface area is 88.4 Å². The molecule has 1 aliphatic rings. The van der Waals surface area contributed by atoms with Gasteiger partial charge in [0.25, 0.3) is 0 Å². The molecule has 1 saturated heterocycles. The van der Waals surface area contributed by atoms with Crippen molar-refractivity contribution in [3.63, 3.8) is 0 Å². The molecule has 0 aromatic rings. The van der Waals surface area contributed by atoms with Crippen LogP contribution >= 0.6 is 0 Å². The van der Waals surface area contributed by atoms with Gasteiger partial charge in [0, 0.05) is 18.6 Å². The molecule has 0 spiro atoms. The van der Waals surface area contributed by atoms with E-state index in [1.54, 1.807) is 0 Å². The highest BCUT2D eigenvalue weighted by atomic mass is 16.5. The van der Waals surface area contributed by atoms with Gasteiger partial charge in [-0.15, -0.1) is 0 Å². The third-order valence-electron chi connectivity index (χ3n) is 3.68. The second-order valence-corrected chi connectivity index (χ2v) is 4.67. The first-order valence-corrected chi connectivity index (χ1v) is 5.97. The molecule has 1 N–H and O–H groups in total. The molecule has 1 fully saturated rings. The fourth-order valence-electron chi connectivity index (χ4n) is 2.38. The molecule has 84 valence electrons. The first-order chi connectivity index (χ1) is 6.69. The maximum absolute atomic E-state index is 5.62. The van der Waals surface area contributed by atoms with Gasteiger partial charge in [-0.3, -0.25) is 0 Å². The van der Waals surface area contributed by atoms with E-state index in [0.29, 0.717) is 18.1 Å². The van der Waals surface area contributed by atoms with E-state index in [-0.39, 0.29) is 0 Å². The Balaban J connectivity index is 2.44. The lowest BCUT2D eigenvalue weighted by Gasteiger charge is -2.27. The van der Waals surface area contributed by atoms with Crippen LogP contribution in [0.4, 0.5) is 0 Å². The van der Waals surface area contributed by atoms with Crippen molar-refractivity contribution in [3.05, 3.63) is 0 Å². The summed E-state index contributed by atoms with van der Waals surface area (Å²) in [6.45, 7) is 7.76. The summed E-state index contributed by atoms with van der Waals surface area (Å²) in [5, 5.41) is 3.46. The van der Waals surface area contributed by atoms with Gasteiger partial charge in [-0.2, -0.15) is 0 Å². The van der Waals surface area contributed by atoms with E-state index in [1.807, 2.05) is 0 Å². The summed E-state index contributed by atoms with van der Waals surface area (Å²) in [7, 11) is 2.08. The van der Waals surface area contributed by atoms with Crippen LogP contribution in [0.15, 0.2) is 0 Å². The Morgan fingerprint density at radius 1 is 1.50 bits per heavy atom. The number of ether oxygens (including phenoxy) is 1. The number of nitrogens with one attached hydrogen (secondary N) is 1. The Hall–Kier alpha value is -0.0800. The van der Waals surface area contributed by atoms with Crippen LogP contribution in [0.25, 0.3) is 0 Å². The van der Waals surface area contributed by atoms with Crippen LogP contribution < -0.4 is 5.32 Å². The monoisotopic (exact) mass is 199 g/mol. The highest BCUT2D eigenvalue weighted by Crippen LogP contribution is 2.27. The van der Waals surface area contributed by atoms with Crippen LogP contribution in [-0.2, 0) is 4.74 Å². The Morgan fingerprint density at radius 2 is 2.21 bits per heavy atom. The fourth-order valence-corrected chi connectivity index (χ4v) is 2.38. The Morgan fingerprint density at radius 3 is 2.64 bits per heavy atom. The maximum atomic E-state index is 5.62. The molecule has 1 aliphatic heterocycles. The molecular weight excluding hydrogens is 174 g/mol. The number of hydrogen-bond donors (Lipinski definition) is 1. The molecule has 0 saturated carbocycles. The summed E-state index contributed by atoms with van der Waals surface area (Å²) in [6, 6.07) is 0.641. The zero-order valence-electron chi connectivity index (χ0n) is 10.0. The van der Waals surface area contributed by atoms with Crippen molar-refractivity contribution >= 4 is 0 Å². The molecular formula is C12H25NO. The van der Waals surface area contributed by atoms with Crippen molar-refractivity contribution in [2.24, 2.45) is 11.8 Å². The van der Waals surface area contributed by atoms with E-state index >= 15 is 0 Å². The molecule has 0 aromatic heterocycles. The Bertz CT molecular complexity index is 160. The van der Waals surface area contributed by atoms with Gasteiger partial charge in [-0.1, -0.05) is 20.3 Å². The van der Waals surface area contributed by atoms with Gasteiger partial charge in [0.1, 0.15) is 0 Å². The van der Waals surface area contributed by atoms with Crippen LogP contribution in [0.1, 0.15) is 40.0 Å². The lowest BCUT2D eigenvalue weighted by molar-refractivity contribution is 0.0932. The summed E-state index contributed by atoms with van der Waals surface area (Å²) in [4.78, 5) is 0. The molecule has 1 rings (SSSR count). The van der Waals surface area contributed by atoms with E-state index in [1.165, 1.54) is 19.3 Å². The van der Waals surface area contributed by atoms with Gasteiger partial charge >= 0.3 is 0 Å². The van der Waals surface area contributed by atoms with Crippen molar-refractivity contribution in [3.8, 4) is 0 Å². The van der Waals surface area contributed by atoms with Crippen LogP contribution in [0.5, 0.6) is 0 Å². The third-order valence-corrected chi connectivity index (χ3v) is 3.68. The summed E-state index contributed by atoms with van der Waals surface area (Å²) >= 11 is 0. The zero-order chi connectivity index (χ0) is 10.6. The molecule has 4 atom stereocenters. The smallest absolute Gasteiger partial charge is 0.0590 e. The summed E-state index contributed by atoms with van der Waals surface area (Å²) in [6.07, 6.45) is 4.23. The van der Waals surface area contributed by atoms with E-state index in [4.69, 9.17) is 4.74 Å². The topological polar surface area (TPSA) is 21.3 Å². The maximum Gasteiger partial charge on any atom is 0.0590 e. The van der Waals surface area contributed by atoms with Gasteiger partial charge in [0.15, 0.2) is 0 Å². The highest BCUT2D eigenvalue weighted by Gasteiger charge is 2.31. The largest absolute Gasteiger partial charge is 0.378 e. The lowest BCUT2D eigenvalue weighted by Crippen LogP contribution is -2.38. The van der Waals surface area contributed by atoms with Gasteiger partial charge in [0.2, 0.25) is 0 Å². The van der Waals surface area contributed by atoms with Gasteiger partial charge in [-0.05, 0) is 32.7 Å². The first kappa shape index (κ1) is 12.0.